The van der Waals surface area contributed by atoms with Gasteiger partial charge in [-0.2, -0.15) is 0 Å². The molecule has 72 valence electrons. The molecule has 0 rings (SSSR count). The lowest BCUT2D eigenvalue weighted by Gasteiger charge is -2.06. The van der Waals surface area contributed by atoms with Crippen LogP contribution in [0.3, 0.4) is 0 Å². The number of ketones is 1. The Kier molecular flexibility index (Phi) is 4.44. The summed E-state index contributed by atoms with van der Waals surface area (Å²) in [7, 11) is 0. The molecule has 0 aliphatic rings. The number of alkyl halides is 1. The van der Waals surface area contributed by atoms with E-state index in [1.165, 1.54) is 0 Å². The molecule has 0 spiro atoms. The number of halogens is 2. The van der Waals surface area contributed by atoms with Crippen LogP contribution in [-0.2, 0) is 14.4 Å². The molecule has 0 bridgehead atoms. The third-order valence-electron chi connectivity index (χ3n) is 0.921. The van der Waals surface area contributed by atoms with Gasteiger partial charge in [0.1, 0.15) is 5.38 Å². The van der Waals surface area contributed by atoms with Gasteiger partial charge in [-0.1, -0.05) is 11.6 Å². The van der Waals surface area contributed by atoms with E-state index in [2.05, 4.69) is 0 Å². The lowest BCUT2D eigenvalue weighted by atomic mass is 10.2. The summed E-state index contributed by atoms with van der Waals surface area (Å²) in [4.78, 5) is 30.6. The summed E-state index contributed by atoms with van der Waals surface area (Å²) in [6.07, 6.45) is 0.352. The first-order chi connectivity index (χ1) is 5.86. The number of hydrogen-bond acceptors (Lipinski definition) is 5. The summed E-state index contributed by atoms with van der Waals surface area (Å²) in [6.45, 7) is 0. The highest BCUT2D eigenvalue weighted by atomic mass is 35.5. The Morgan fingerprint density at radius 1 is 1.23 bits per heavy atom. The number of hydrogen-bond donors (Lipinski definition) is 0. The number of rotatable bonds is 4. The van der Waals surface area contributed by atoms with Crippen LogP contribution in [0.25, 0.3) is 0 Å². The lowest BCUT2D eigenvalue weighted by Crippen LogP contribution is -2.37. The molecule has 0 N–H and O–H groups in total. The van der Waals surface area contributed by atoms with Crippen LogP contribution < -0.4 is 10.2 Å². The maximum atomic E-state index is 10.7. The summed E-state index contributed by atoms with van der Waals surface area (Å²) in [5.74, 6) is -4.81. The number of aliphatic carboxylic acids is 2. The number of carboxylic acids is 2. The molecule has 5 nitrogen and oxygen atoms in total. The quantitative estimate of drug-likeness (QED) is 0.306. The summed E-state index contributed by atoms with van der Waals surface area (Å²) in [5.41, 5.74) is 0. The van der Waals surface area contributed by atoms with Crippen LogP contribution in [0, 0.1) is 0 Å². The van der Waals surface area contributed by atoms with Crippen molar-refractivity contribution in [1.82, 2.24) is 0 Å². The van der Waals surface area contributed by atoms with Crippen LogP contribution in [0.5, 0.6) is 0 Å². The van der Waals surface area contributed by atoms with Crippen molar-refractivity contribution >= 4 is 40.9 Å². The van der Waals surface area contributed by atoms with Gasteiger partial charge in [0.2, 0.25) is 0 Å². The Morgan fingerprint density at radius 2 is 1.69 bits per heavy atom. The highest BCUT2D eigenvalue weighted by molar-refractivity contribution is 6.46. The normalized spacial score (nSPS) is 13.5. The van der Waals surface area contributed by atoms with E-state index in [0.29, 0.717) is 6.08 Å². The molecule has 0 aliphatic carbocycles. The van der Waals surface area contributed by atoms with Crippen molar-refractivity contribution in [1.29, 1.82) is 0 Å². The van der Waals surface area contributed by atoms with Crippen LogP contribution in [-0.4, -0.2) is 23.1 Å². The standard InChI is InChI=1S/C6H4Cl2O5/c7-2(5(10)11)1-3(9)4(8)6(12)13/h1,4H,(H,10,11)(H,12,13)/p-2. The smallest absolute Gasteiger partial charge is 0.180 e. The summed E-state index contributed by atoms with van der Waals surface area (Å²) >= 11 is 9.95. The molecule has 0 aromatic rings. The predicted octanol–water partition coefficient (Wildman–Crippen LogP) is -2.21. The van der Waals surface area contributed by atoms with E-state index in [0.717, 1.165) is 0 Å². The van der Waals surface area contributed by atoms with Crippen LogP contribution in [0.2, 0.25) is 0 Å². The lowest BCUT2D eigenvalue weighted by molar-refractivity contribution is -0.304. The third-order valence-corrected chi connectivity index (χ3v) is 1.58. The van der Waals surface area contributed by atoms with Crippen molar-refractivity contribution in [2.75, 3.05) is 0 Å². The van der Waals surface area contributed by atoms with E-state index in [1.54, 1.807) is 0 Å². The molecule has 0 saturated heterocycles. The minimum atomic E-state index is -1.95. The predicted molar refractivity (Wildman–Crippen MR) is 38.6 cm³/mol. The maximum Gasteiger partial charge on any atom is 0.180 e. The fourth-order valence-corrected chi connectivity index (χ4v) is 0.544. The van der Waals surface area contributed by atoms with Crippen LogP contribution in [0.4, 0.5) is 0 Å². The monoisotopic (exact) mass is 224 g/mol. The average molecular weight is 225 g/mol. The molecule has 1 unspecified atom stereocenters. The first-order valence-electron chi connectivity index (χ1n) is 2.83. The molecule has 0 amide bonds. The summed E-state index contributed by atoms with van der Waals surface area (Å²) < 4.78 is 0. The molecule has 7 heteroatoms. The third kappa shape index (κ3) is 3.91. The van der Waals surface area contributed by atoms with E-state index < -0.39 is 28.1 Å². The van der Waals surface area contributed by atoms with E-state index in [-0.39, 0.29) is 0 Å². The van der Waals surface area contributed by atoms with Gasteiger partial charge < -0.3 is 19.8 Å². The van der Waals surface area contributed by atoms with E-state index >= 15 is 0 Å². The SMILES string of the molecule is O=C([O-])C(Cl)=CC(=O)C(Cl)C(=O)[O-]. The summed E-state index contributed by atoms with van der Waals surface area (Å²) in [6, 6.07) is 0. The molecular weight excluding hydrogens is 223 g/mol. The topological polar surface area (TPSA) is 97.3 Å². The van der Waals surface area contributed by atoms with Gasteiger partial charge in [-0.15, -0.1) is 11.6 Å². The van der Waals surface area contributed by atoms with Crippen molar-refractivity contribution in [3.8, 4) is 0 Å². The molecule has 0 aliphatic heterocycles. The van der Waals surface area contributed by atoms with Gasteiger partial charge in [-0.05, 0) is 0 Å². The van der Waals surface area contributed by atoms with Crippen LogP contribution in [0.15, 0.2) is 11.1 Å². The molecule has 0 aromatic carbocycles. The minimum Gasteiger partial charge on any atom is -0.548 e. The van der Waals surface area contributed by atoms with Crippen molar-refractivity contribution < 1.29 is 24.6 Å². The molecule has 0 aromatic heterocycles. The maximum absolute atomic E-state index is 10.7. The zero-order valence-corrected chi connectivity index (χ0v) is 7.46. The molecule has 13 heavy (non-hydrogen) atoms. The van der Waals surface area contributed by atoms with Gasteiger partial charge in [0, 0.05) is 6.08 Å². The Bertz CT molecular complexity index is 283. The van der Waals surface area contributed by atoms with E-state index in [1.807, 2.05) is 0 Å². The van der Waals surface area contributed by atoms with Gasteiger partial charge in [0.25, 0.3) is 0 Å². The number of allylic oxidation sites excluding steroid dienone is 1. The Balaban J connectivity index is 4.56. The second kappa shape index (κ2) is 4.84. The summed E-state index contributed by atoms with van der Waals surface area (Å²) in [5, 5.41) is 17.1. The molecular formula is C6H2Cl2O5-2. The highest BCUT2D eigenvalue weighted by Gasteiger charge is 2.14. The number of carbonyl (C=O) groups excluding carboxylic acids is 3. The first-order valence-corrected chi connectivity index (χ1v) is 3.65. The van der Waals surface area contributed by atoms with Gasteiger partial charge in [-0.3, -0.25) is 4.79 Å². The zero-order chi connectivity index (χ0) is 10.6. The molecule has 0 radical (unpaired) electrons. The highest BCUT2D eigenvalue weighted by Crippen LogP contribution is 2.04. The molecule has 0 heterocycles. The van der Waals surface area contributed by atoms with Crippen molar-refractivity contribution in [3.63, 3.8) is 0 Å². The number of carboxylic acid groups (broad SMARTS) is 2. The zero-order valence-electron chi connectivity index (χ0n) is 5.95. The van der Waals surface area contributed by atoms with E-state index in [4.69, 9.17) is 23.2 Å². The van der Waals surface area contributed by atoms with Crippen LogP contribution in [0.1, 0.15) is 0 Å². The Hall–Kier alpha value is -1.07. The number of carbonyl (C=O) groups is 3. The largest absolute Gasteiger partial charge is 0.548 e. The second-order valence-electron chi connectivity index (χ2n) is 1.86. The Morgan fingerprint density at radius 3 is 2.00 bits per heavy atom. The Labute approximate surface area is 82.6 Å². The molecule has 0 fully saturated rings. The van der Waals surface area contributed by atoms with Gasteiger partial charge >= 0.3 is 0 Å². The molecule has 0 saturated carbocycles. The fraction of sp³-hybridized carbons (Fsp3) is 0.167. The average Bonchev–Trinajstić information content (AvgIpc) is 2.02. The van der Waals surface area contributed by atoms with Crippen LogP contribution >= 0.6 is 23.2 Å². The van der Waals surface area contributed by atoms with Gasteiger partial charge in [-0.25, -0.2) is 0 Å². The van der Waals surface area contributed by atoms with Crippen molar-refractivity contribution in [3.05, 3.63) is 11.1 Å². The fourth-order valence-electron chi connectivity index (χ4n) is 0.373. The van der Waals surface area contributed by atoms with Crippen molar-refractivity contribution in [2.24, 2.45) is 0 Å². The minimum absolute atomic E-state index is 0.352. The second-order valence-corrected chi connectivity index (χ2v) is 2.71. The molecule has 1 atom stereocenters. The van der Waals surface area contributed by atoms with Gasteiger partial charge in [0.05, 0.1) is 17.0 Å². The van der Waals surface area contributed by atoms with Gasteiger partial charge in [0.15, 0.2) is 5.78 Å². The first kappa shape index (κ1) is 11.9. The van der Waals surface area contributed by atoms with E-state index in [9.17, 15) is 24.6 Å². The van der Waals surface area contributed by atoms with Crippen molar-refractivity contribution in [2.45, 2.75) is 5.38 Å².